The molecule has 0 saturated carbocycles. The van der Waals surface area contributed by atoms with E-state index in [0.717, 1.165) is 27.7 Å². The molecule has 0 fully saturated rings. The van der Waals surface area contributed by atoms with Crippen molar-refractivity contribution < 1.29 is 9.47 Å². The van der Waals surface area contributed by atoms with E-state index in [9.17, 15) is 0 Å². The van der Waals surface area contributed by atoms with E-state index in [0.29, 0.717) is 0 Å². The Hall–Kier alpha value is -1.62. The first-order valence-electron chi connectivity index (χ1n) is 5.49. The van der Waals surface area contributed by atoms with Crippen molar-refractivity contribution in [2.24, 2.45) is 7.05 Å². The number of nitrogens with zero attached hydrogens (tertiary/aromatic N) is 2. The predicted molar refractivity (Wildman–Crippen MR) is 73.5 cm³/mol. The van der Waals surface area contributed by atoms with Crippen molar-refractivity contribution in [3.8, 4) is 22.8 Å². The van der Waals surface area contributed by atoms with Gasteiger partial charge in [-0.1, -0.05) is 0 Å². The monoisotopic (exact) mass is 264 g/mol. The highest BCUT2D eigenvalue weighted by Gasteiger charge is 2.13. The summed E-state index contributed by atoms with van der Waals surface area (Å²) < 4.78 is 12.6. The normalized spacial score (nSPS) is 10.4. The van der Waals surface area contributed by atoms with Gasteiger partial charge in [0, 0.05) is 18.8 Å². The Kier molecular flexibility index (Phi) is 3.81. The summed E-state index contributed by atoms with van der Waals surface area (Å²) in [6, 6.07) is 5.93. The molecule has 0 unspecified atom stereocenters. The van der Waals surface area contributed by atoms with E-state index < -0.39 is 0 Å². The summed E-state index contributed by atoms with van der Waals surface area (Å²) in [5.74, 6) is 1.62. The number of methoxy groups -OCH3 is 2. The van der Waals surface area contributed by atoms with Crippen molar-refractivity contribution >= 4 is 11.8 Å². The maximum atomic E-state index is 5.41. The summed E-state index contributed by atoms with van der Waals surface area (Å²) in [4.78, 5) is 1.000. The molecular formula is C13H16N2O2S. The average Bonchev–Trinajstić information content (AvgIpc) is 2.83. The van der Waals surface area contributed by atoms with Gasteiger partial charge < -0.3 is 9.47 Å². The number of benzene rings is 1. The summed E-state index contributed by atoms with van der Waals surface area (Å²) in [5.41, 5.74) is 1.89. The molecule has 0 amide bonds. The summed E-state index contributed by atoms with van der Waals surface area (Å²) >= 11 is 1.60. The van der Waals surface area contributed by atoms with Gasteiger partial charge in [-0.3, -0.25) is 4.68 Å². The van der Waals surface area contributed by atoms with Crippen LogP contribution in [0.4, 0.5) is 0 Å². The lowest BCUT2D eigenvalue weighted by Crippen LogP contribution is -1.94. The second kappa shape index (κ2) is 5.35. The standard InChI is InChI=1S/C13H16N2O2S/c1-15-6-5-10(14-15)9-7-11(16-2)13(18-4)12(8-9)17-3/h5-8H,1-4H3. The molecule has 0 aliphatic rings. The van der Waals surface area contributed by atoms with Gasteiger partial charge in [0.25, 0.3) is 0 Å². The van der Waals surface area contributed by atoms with E-state index in [-0.39, 0.29) is 0 Å². The van der Waals surface area contributed by atoms with Gasteiger partial charge in [0.2, 0.25) is 0 Å². The van der Waals surface area contributed by atoms with E-state index in [1.54, 1.807) is 30.7 Å². The van der Waals surface area contributed by atoms with Crippen LogP contribution in [0.2, 0.25) is 0 Å². The van der Waals surface area contributed by atoms with Crippen molar-refractivity contribution in [1.82, 2.24) is 9.78 Å². The van der Waals surface area contributed by atoms with Crippen LogP contribution in [0.5, 0.6) is 11.5 Å². The molecule has 0 aliphatic carbocycles. The first kappa shape index (κ1) is 12.8. The first-order chi connectivity index (χ1) is 8.69. The molecule has 0 saturated heterocycles. The smallest absolute Gasteiger partial charge is 0.136 e. The van der Waals surface area contributed by atoms with Crippen LogP contribution in [-0.2, 0) is 7.05 Å². The van der Waals surface area contributed by atoms with E-state index in [4.69, 9.17) is 9.47 Å². The van der Waals surface area contributed by atoms with Gasteiger partial charge >= 0.3 is 0 Å². The molecule has 0 bridgehead atoms. The van der Waals surface area contributed by atoms with Gasteiger partial charge in [0.15, 0.2) is 0 Å². The molecule has 1 aromatic carbocycles. The molecule has 1 heterocycles. The fraction of sp³-hybridized carbons (Fsp3) is 0.308. The minimum atomic E-state index is 0.808. The van der Waals surface area contributed by atoms with Gasteiger partial charge in [-0.05, 0) is 24.5 Å². The Morgan fingerprint density at radius 2 is 1.78 bits per heavy atom. The lowest BCUT2D eigenvalue weighted by atomic mass is 10.1. The topological polar surface area (TPSA) is 36.3 Å². The molecule has 0 atom stereocenters. The molecule has 0 N–H and O–H groups in total. The molecular weight excluding hydrogens is 248 g/mol. The molecule has 0 spiro atoms. The highest BCUT2D eigenvalue weighted by molar-refractivity contribution is 7.98. The Bertz CT molecular complexity index is 527. The van der Waals surface area contributed by atoms with E-state index >= 15 is 0 Å². The van der Waals surface area contributed by atoms with Crippen LogP contribution in [0.25, 0.3) is 11.3 Å². The van der Waals surface area contributed by atoms with Crippen molar-refractivity contribution in [2.45, 2.75) is 4.90 Å². The number of hydrogen-bond donors (Lipinski definition) is 0. The highest BCUT2D eigenvalue weighted by atomic mass is 32.2. The lowest BCUT2D eigenvalue weighted by molar-refractivity contribution is 0.377. The largest absolute Gasteiger partial charge is 0.495 e. The lowest BCUT2D eigenvalue weighted by Gasteiger charge is -2.12. The zero-order valence-electron chi connectivity index (χ0n) is 10.9. The SMILES string of the molecule is COc1cc(-c2ccn(C)n2)cc(OC)c1SC. The number of thioether (sulfide) groups is 1. The zero-order valence-corrected chi connectivity index (χ0v) is 11.7. The van der Waals surface area contributed by atoms with E-state index in [1.165, 1.54) is 0 Å². The summed E-state index contributed by atoms with van der Waals surface area (Å²) in [5, 5.41) is 4.39. The minimum absolute atomic E-state index is 0.808. The van der Waals surface area contributed by atoms with Crippen LogP contribution in [0.15, 0.2) is 29.3 Å². The van der Waals surface area contributed by atoms with Crippen molar-refractivity contribution in [2.75, 3.05) is 20.5 Å². The van der Waals surface area contributed by atoms with Gasteiger partial charge in [-0.2, -0.15) is 5.10 Å². The van der Waals surface area contributed by atoms with Gasteiger partial charge in [-0.15, -0.1) is 11.8 Å². The summed E-state index contributed by atoms with van der Waals surface area (Å²) in [6.45, 7) is 0. The molecule has 5 heteroatoms. The second-order valence-corrected chi connectivity index (χ2v) is 4.61. The molecule has 0 radical (unpaired) electrons. The summed E-state index contributed by atoms with van der Waals surface area (Å²) in [6.07, 6.45) is 3.91. The summed E-state index contributed by atoms with van der Waals surface area (Å²) in [7, 11) is 5.22. The Balaban J connectivity index is 2.56. The molecule has 2 aromatic rings. The second-order valence-electron chi connectivity index (χ2n) is 3.79. The Morgan fingerprint density at radius 3 is 2.17 bits per heavy atom. The van der Waals surface area contributed by atoms with Crippen LogP contribution >= 0.6 is 11.8 Å². The molecule has 1 aromatic heterocycles. The zero-order chi connectivity index (χ0) is 13.1. The van der Waals surface area contributed by atoms with Gasteiger partial charge in [0.05, 0.1) is 24.8 Å². The number of aromatic nitrogens is 2. The van der Waals surface area contributed by atoms with E-state index in [2.05, 4.69) is 5.10 Å². The number of ether oxygens (including phenoxy) is 2. The first-order valence-corrected chi connectivity index (χ1v) is 6.72. The maximum absolute atomic E-state index is 5.41. The highest BCUT2D eigenvalue weighted by Crippen LogP contribution is 2.40. The van der Waals surface area contributed by atoms with Gasteiger partial charge in [-0.25, -0.2) is 0 Å². The number of hydrogen-bond acceptors (Lipinski definition) is 4. The number of aryl methyl sites for hydroxylation is 1. The minimum Gasteiger partial charge on any atom is -0.495 e. The van der Waals surface area contributed by atoms with Crippen LogP contribution in [0, 0.1) is 0 Å². The number of rotatable bonds is 4. The molecule has 2 rings (SSSR count). The van der Waals surface area contributed by atoms with Crippen molar-refractivity contribution in [3.63, 3.8) is 0 Å². The fourth-order valence-electron chi connectivity index (χ4n) is 1.80. The predicted octanol–water partition coefficient (Wildman–Crippen LogP) is 2.83. The fourth-order valence-corrected chi connectivity index (χ4v) is 2.48. The quantitative estimate of drug-likeness (QED) is 0.796. The Morgan fingerprint density at radius 1 is 1.17 bits per heavy atom. The van der Waals surface area contributed by atoms with Crippen LogP contribution < -0.4 is 9.47 Å². The van der Waals surface area contributed by atoms with Crippen molar-refractivity contribution in [3.05, 3.63) is 24.4 Å². The molecule has 4 nitrogen and oxygen atoms in total. The average molecular weight is 264 g/mol. The van der Waals surface area contributed by atoms with Crippen LogP contribution in [0.1, 0.15) is 0 Å². The molecule has 0 aliphatic heterocycles. The van der Waals surface area contributed by atoms with Crippen LogP contribution in [-0.4, -0.2) is 30.3 Å². The molecule has 96 valence electrons. The molecule has 18 heavy (non-hydrogen) atoms. The van der Waals surface area contributed by atoms with Crippen molar-refractivity contribution in [1.29, 1.82) is 0 Å². The third kappa shape index (κ3) is 2.31. The maximum Gasteiger partial charge on any atom is 0.136 e. The third-order valence-corrected chi connectivity index (χ3v) is 3.48. The third-order valence-electron chi connectivity index (χ3n) is 2.67. The van der Waals surface area contributed by atoms with Crippen LogP contribution in [0.3, 0.4) is 0 Å². The van der Waals surface area contributed by atoms with E-state index in [1.807, 2.05) is 37.7 Å². The van der Waals surface area contributed by atoms with Gasteiger partial charge in [0.1, 0.15) is 11.5 Å². The Labute approximate surface area is 111 Å².